The highest BCUT2D eigenvalue weighted by atomic mass is 16.4. The molecule has 20 heterocycles. The van der Waals surface area contributed by atoms with Gasteiger partial charge in [0, 0.05) is 159 Å². The second-order valence-electron chi connectivity index (χ2n) is 36.1. The highest BCUT2D eigenvalue weighted by Gasteiger charge is 2.45. The van der Waals surface area contributed by atoms with Gasteiger partial charge in [0.25, 0.3) is 0 Å². The summed E-state index contributed by atoms with van der Waals surface area (Å²) in [5, 5.41) is 10.6. The molecule has 0 N–H and O–H groups in total. The number of rotatable bonds is 9. The molecule has 0 aliphatic carbocycles. The molecule has 5 unspecified atom stereocenters. The fourth-order valence-electron chi connectivity index (χ4n) is 21.0. The maximum Gasteiger partial charge on any atom is 0.227 e. The van der Waals surface area contributed by atoms with Gasteiger partial charge in [-0.25, -0.2) is 59.8 Å². The zero-order valence-electron chi connectivity index (χ0n) is 78.8. The van der Waals surface area contributed by atoms with Crippen LogP contribution in [0, 0.1) is 34.6 Å². The van der Waals surface area contributed by atoms with Crippen molar-refractivity contribution in [2.24, 2.45) is 0 Å². The molecule has 0 fully saturated rings. The van der Waals surface area contributed by atoms with Gasteiger partial charge in [-0.3, -0.25) is 14.7 Å². The molecule has 6 aromatic carbocycles. The molecule has 0 bridgehead atoms. The Bertz CT molecular complexity index is 7770. The Kier molecular flexibility index (Phi) is 21.1. The van der Waals surface area contributed by atoms with Crippen LogP contribution in [0.4, 0.5) is 91.9 Å². The summed E-state index contributed by atoms with van der Waals surface area (Å²) in [6.07, 6.45) is 21.8. The van der Waals surface area contributed by atoms with Gasteiger partial charge in [-0.05, 0) is 248 Å². The van der Waals surface area contributed by atoms with Gasteiger partial charge in [0.15, 0.2) is 68.6 Å². The highest BCUT2D eigenvalue weighted by molar-refractivity contribution is 6.15. The van der Waals surface area contributed by atoms with Gasteiger partial charge in [-0.15, -0.1) is 0 Å². The molecular formula is C109H102N22O5. The van der Waals surface area contributed by atoms with E-state index in [1.54, 1.807) is 55.8 Å². The van der Waals surface area contributed by atoms with Gasteiger partial charge in [0.05, 0.1) is 45.5 Å². The molecule has 27 heteroatoms. The number of fused-ring (bicyclic) bond motifs is 20. The Morgan fingerprint density at radius 2 is 0.493 bits per heavy atom. The smallest absolute Gasteiger partial charge is 0.227 e. The van der Waals surface area contributed by atoms with Crippen molar-refractivity contribution in [1.82, 2.24) is 59.8 Å². The first kappa shape index (κ1) is 85.2. The monoisotopic (exact) mass is 1800 g/mol. The molecule has 0 saturated carbocycles. The summed E-state index contributed by atoms with van der Waals surface area (Å²) >= 11 is 0. The number of benzene rings is 6. The lowest BCUT2D eigenvalue weighted by Crippen LogP contribution is -2.42. The van der Waals surface area contributed by atoms with Crippen LogP contribution in [-0.4, -0.2) is 116 Å². The number of aryl methyl sites for hydroxylation is 5. The highest BCUT2D eigenvalue weighted by Crippen LogP contribution is 2.55. The van der Waals surface area contributed by atoms with Crippen LogP contribution in [0.5, 0.6) is 0 Å². The van der Waals surface area contributed by atoms with Gasteiger partial charge >= 0.3 is 0 Å². The molecule has 21 aromatic rings. The van der Waals surface area contributed by atoms with Crippen molar-refractivity contribution in [2.45, 2.75) is 160 Å². The Morgan fingerprint density at radius 1 is 0.221 bits per heavy atom. The molecule has 5 aliphatic heterocycles. The number of anilines is 16. The molecule has 5 aliphatic rings. The third-order valence-corrected chi connectivity index (χ3v) is 27.0. The summed E-state index contributed by atoms with van der Waals surface area (Å²) in [5.41, 5.74) is 23.1. The van der Waals surface area contributed by atoms with Crippen molar-refractivity contribution in [3.63, 3.8) is 0 Å². The van der Waals surface area contributed by atoms with Crippen LogP contribution in [0.25, 0.3) is 110 Å². The van der Waals surface area contributed by atoms with Crippen LogP contribution >= 0.6 is 0 Å². The lowest BCUT2D eigenvalue weighted by molar-refractivity contribution is 0.597. The molecule has 0 amide bonds. The minimum Gasteiger partial charge on any atom is -0.435 e. The molecule has 27 nitrogen and oxygen atoms in total. The van der Waals surface area contributed by atoms with Crippen LogP contribution in [0.15, 0.2) is 285 Å². The van der Waals surface area contributed by atoms with Crippen LogP contribution in [-0.2, 0) is 0 Å². The molecule has 136 heavy (non-hydrogen) atoms. The summed E-state index contributed by atoms with van der Waals surface area (Å²) in [6, 6.07) is 65.2. The lowest BCUT2D eigenvalue weighted by atomic mass is 10.1. The van der Waals surface area contributed by atoms with Gasteiger partial charge in [0.1, 0.15) is 30.8 Å². The van der Waals surface area contributed by atoms with E-state index in [2.05, 4.69) is 337 Å². The SMILES string of the molecule is Cc1ccc2c(oc3ncccc32)c1N1c2cccnc2N(C(C)C)C1C.Cc1ccc2c(oc3ncccc32)c1N1c2ncccc2N(C(C)C)C1C.Cc1ccc2c(oc3ncccc32)c1N1c2ncccc2N(c2ccccc2)C1C.Cc1ccc2c(oc3ncccc32)c1N1c2nccnc2N(C(C)C)C1C.Cc1ccc2c(oc3ncccc32)c1N1c2nccnc2N(C)C1C. The Labute approximate surface area is 785 Å². The van der Waals surface area contributed by atoms with E-state index in [-0.39, 0.29) is 30.8 Å². The molecule has 5 atom stereocenters. The molecule has 26 rings (SSSR count). The Morgan fingerprint density at radius 3 is 0.882 bits per heavy atom. The van der Waals surface area contributed by atoms with Crippen LogP contribution < -0.4 is 49.0 Å². The first-order valence-electron chi connectivity index (χ1n) is 46.3. The van der Waals surface area contributed by atoms with E-state index in [1.807, 2.05) is 86.3 Å². The number of hydrogen-bond donors (Lipinski definition) is 0. The second kappa shape index (κ2) is 33.7. The largest absolute Gasteiger partial charge is 0.435 e. The van der Waals surface area contributed by atoms with Crippen LogP contribution in [0.2, 0.25) is 0 Å². The fourth-order valence-corrected chi connectivity index (χ4v) is 21.0. The third kappa shape index (κ3) is 13.6. The van der Waals surface area contributed by atoms with Crippen molar-refractivity contribution in [3.8, 4) is 0 Å². The number of nitrogens with zero attached hydrogens (tertiary/aromatic N) is 22. The standard InChI is InChI=1S/C25H20N4O.2C22H22N4O.C21H21N5O.C19H17N5O/c1-16-12-13-19-20-10-6-15-27-25(20)30-23(19)22(16)29-17(2)28(18-8-4-3-5-9-18)21-11-7-14-26-24(21)29;1-13(2)25-15(4)26(18-8-6-11-23-21(18)25)19-14(3)9-10-16-17-7-5-12-24-22(17)27-20(16)19;1-13(2)25-15(4)26(21-18(25)8-6-11-23-21)19-14(3)9-10-16-17-7-5-12-24-22(17)27-20(16)19;1-12(2)25-14(4)26(20-19(25)22-10-11-23-20)17-13(3)7-8-15-16-6-5-9-24-21(16)27-18(15)17;1-11-6-7-13-14-5-4-8-22-19(14)25-16(13)15(11)24-12(2)23(3)17-18(24)21-10-9-20-17/h3-15,17H,1-2H3;2*5-13,15H,1-4H3;5-12,14H,1-4H3;4-10,12H,1-3H3. The molecule has 0 radical (unpaired) electrons. The minimum atomic E-state index is 0.0303. The average Bonchev–Trinajstić information content (AvgIpc) is 1.59. The maximum absolute atomic E-state index is 6.28. The predicted octanol–water partition coefficient (Wildman–Crippen LogP) is 25.9. The normalized spacial score (nSPS) is 16.5. The predicted molar refractivity (Wildman–Crippen MR) is 546 cm³/mol. The third-order valence-electron chi connectivity index (χ3n) is 27.0. The topological polar surface area (TPSA) is 253 Å². The molecule has 0 saturated heterocycles. The minimum absolute atomic E-state index is 0.0303. The van der Waals surface area contributed by atoms with E-state index in [4.69, 9.17) is 32.1 Å². The first-order valence-corrected chi connectivity index (χ1v) is 46.3. The quantitative estimate of drug-likeness (QED) is 0.130. The zero-order chi connectivity index (χ0) is 93.5. The number of para-hydroxylation sites is 1. The van der Waals surface area contributed by atoms with Gasteiger partial charge in [-0.1, -0.05) is 78.9 Å². The molecule has 678 valence electrons. The first-order chi connectivity index (χ1) is 66.1. The van der Waals surface area contributed by atoms with Crippen molar-refractivity contribution < 1.29 is 22.1 Å². The average molecular weight is 1800 g/mol. The van der Waals surface area contributed by atoms with E-state index < -0.39 is 0 Å². The van der Waals surface area contributed by atoms with Crippen molar-refractivity contribution in [2.75, 3.05) is 56.0 Å². The number of hydrogen-bond acceptors (Lipinski definition) is 27. The summed E-state index contributed by atoms with van der Waals surface area (Å²) in [4.78, 5) is 77.4. The summed E-state index contributed by atoms with van der Waals surface area (Å²) in [6.45, 7) is 34.8. The second-order valence-corrected chi connectivity index (χ2v) is 36.1. The van der Waals surface area contributed by atoms with E-state index in [0.717, 1.165) is 196 Å². The zero-order valence-corrected chi connectivity index (χ0v) is 78.8. The maximum atomic E-state index is 6.28. The van der Waals surface area contributed by atoms with Gasteiger partial charge in [0.2, 0.25) is 28.6 Å². The van der Waals surface area contributed by atoms with Gasteiger partial charge < -0.3 is 56.4 Å². The molecular weight excluding hydrogens is 1700 g/mol. The number of furan rings is 5. The van der Waals surface area contributed by atoms with Crippen molar-refractivity contribution in [1.29, 1.82) is 0 Å². The van der Waals surface area contributed by atoms with Crippen molar-refractivity contribution in [3.05, 3.63) is 290 Å². The van der Waals surface area contributed by atoms with E-state index in [0.29, 0.717) is 46.7 Å². The van der Waals surface area contributed by atoms with E-state index >= 15 is 0 Å². The van der Waals surface area contributed by atoms with Crippen LogP contribution in [0.1, 0.15) is 104 Å². The Hall–Kier alpha value is -16.3. The van der Waals surface area contributed by atoms with E-state index in [9.17, 15) is 0 Å². The summed E-state index contributed by atoms with van der Waals surface area (Å²) in [7, 11) is 2.04. The van der Waals surface area contributed by atoms with Gasteiger partial charge in [-0.2, -0.15) is 0 Å². The lowest BCUT2D eigenvalue weighted by Gasteiger charge is -2.33. The Balaban J connectivity index is 0.0000000986. The van der Waals surface area contributed by atoms with Crippen LogP contribution in [0.3, 0.4) is 0 Å². The molecule has 15 aromatic heterocycles. The number of aromatic nitrogens is 12. The summed E-state index contributed by atoms with van der Waals surface area (Å²) < 4.78 is 31.1. The fraction of sp³-hybridized carbons (Fsp3) is 0.229. The molecule has 0 spiro atoms. The number of pyridine rings is 8. The van der Waals surface area contributed by atoms with Crippen molar-refractivity contribution >= 4 is 202 Å². The van der Waals surface area contributed by atoms with E-state index in [1.165, 1.54) is 5.56 Å². The summed E-state index contributed by atoms with van der Waals surface area (Å²) in [5.74, 6) is 6.42.